The lowest BCUT2D eigenvalue weighted by Crippen LogP contribution is -2.02. The van der Waals surface area contributed by atoms with E-state index in [4.69, 9.17) is 0 Å². The summed E-state index contributed by atoms with van der Waals surface area (Å²) < 4.78 is 1.73. The molecule has 0 bridgehead atoms. The molecule has 1 aliphatic rings. The van der Waals surface area contributed by atoms with E-state index in [1.54, 1.807) is 11.0 Å². The van der Waals surface area contributed by atoms with Crippen LogP contribution < -0.4 is 0 Å². The highest BCUT2D eigenvalue weighted by Gasteiger charge is 2.26. The summed E-state index contributed by atoms with van der Waals surface area (Å²) in [5.41, 5.74) is 3.15. The first kappa shape index (κ1) is 15.2. The monoisotopic (exact) mass is 332 g/mol. The summed E-state index contributed by atoms with van der Waals surface area (Å²) >= 11 is 1.49. The number of thiazole rings is 1. The zero-order valence-electron chi connectivity index (χ0n) is 13.0. The quantitative estimate of drug-likeness (QED) is 0.687. The topological polar surface area (TPSA) is 56.0 Å². The number of rotatable bonds is 4. The van der Waals surface area contributed by atoms with Crippen LogP contribution in [0.5, 0.6) is 0 Å². The molecule has 6 heteroatoms. The molecule has 24 heavy (non-hydrogen) atoms. The minimum Gasteiger partial charge on any atom is -0.227 e. The first-order valence-electron chi connectivity index (χ1n) is 7.48. The predicted molar refractivity (Wildman–Crippen MR) is 95.0 cm³/mol. The zero-order chi connectivity index (χ0) is 16.4. The van der Waals surface area contributed by atoms with Crippen molar-refractivity contribution in [2.24, 2.45) is 4.99 Å². The van der Waals surface area contributed by atoms with Crippen LogP contribution in [0.4, 0.5) is 5.13 Å². The molecule has 4 rings (SSSR count). The van der Waals surface area contributed by atoms with Gasteiger partial charge in [-0.1, -0.05) is 41.2 Å². The van der Waals surface area contributed by atoms with E-state index < -0.39 is 0 Å². The molecule has 5 radical (unpaired) electrons. The Hall–Kier alpha value is -2.34. The lowest BCUT2D eigenvalue weighted by Gasteiger charge is -2.06. The zero-order valence-corrected chi connectivity index (χ0v) is 13.8. The summed E-state index contributed by atoms with van der Waals surface area (Å²) in [5.74, 6) is 1.05. The van der Waals surface area contributed by atoms with Crippen molar-refractivity contribution in [2.75, 3.05) is 0 Å². The molecule has 1 saturated carbocycles. The Morgan fingerprint density at radius 3 is 2.62 bits per heavy atom. The normalized spacial score (nSPS) is 15.5. The summed E-state index contributed by atoms with van der Waals surface area (Å²) in [5, 5.41) is 5.83. The standard InChI is InChI=1S/C18H14N5S/c1-13-6-8-14(9-7-13)10-20-18-22-16(15-4-2-3-5-15)17(24-18)23-12-19-11-21-23/h2-12H,1H3/b20-10+. The molecule has 0 amide bonds. The second-order valence-corrected chi connectivity index (χ2v) is 6.29. The van der Waals surface area contributed by atoms with E-state index in [1.165, 1.54) is 23.2 Å². The molecule has 1 aromatic carbocycles. The molecule has 0 atom stereocenters. The van der Waals surface area contributed by atoms with Crippen LogP contribution in [-0.2, 0) is 0 Å². The maximum Gasteiger partial charge on any atom is 0.211 e. The molecule has 117 valence electrons. The number of aromatic nitrogens is 4. The highest BCUT2D eigenvalue weighted by Crippen LogP contribution is 2.38. The molecule has 1 fully saturated rings. The van der Waals surface area contributed by atoms with Crippen LogP contribution >= 0.6 is 11.3 Å². The molecular formula is C18H14N5S. The van der Waals surface area contributed by atoms with Crippen LogP contribution in [-0.4, -0.2) is 26.0 Å². The molecule has 3 aromatic rings. The molecule has 0 unspecified atom stereocenters. The number of nitrogens with zero attached hydrogens (tertiary/aromatic N) is 5. The van der Waals surface area contributed by atoms with Crippen molar-refractivity contribution < 1.29 is 0 Å². The van der Waals surface area contributed by atoms with Crippen LogP contribution in [0.1, 0.15) is 16.8 Å². The maximum atomic E-state index is 4.67. The number of aryl methyl sites for hydroxylation is 1. The number of hydrogen-bond donors (Lipinski definition) is 0. The number of hydrogen-bond acceptors (Lipinski definition) is 5. The Kier molecular flexibility index (Phi) is 4.21. The molecular weight excluding hydrogens is 318 g/mol. The Labute approximate surface area is 145 Å². The number of aliphatic imine (C=N–C) groups is 1. The minimum absolute atomic E-state index is 0.692. The van der Waals surface area contributed by atoms with Crippen molar-refractivity contribution in [1.29, 1.82) is 0 Å². The van der Waals surface area contributed by atoms with Crippen molar-refractivity contribution in [3.8, 4) is 5.00 Å². The highest BCUT2D eigenvalue weighted by molar-refractivity contribution is 7.18. The van der Waals surface area contributed by atoms with E-state index in [0.717, 1.165) is 22.2 Å². The summed E-state index contributed by atoms with van der Waals surface area (Å²) in [6.45, 7) is 2.07. The fraction of sp³-hybridized carbons (Fsp3) is 0.0556. The van der Waals surface area contributed by atoms with Gasteiger partial charge in [0, 0.05) is 12.1 Å². The fourth-order valence-electron chi connectivity index (χ4n) is 2.33. The first-order chi connectivity index (χ1) is 11.8. The minimum atomic E-state index is 0.692. The van der Waals surface area contributed by atoms with Gasteiger partial charge in [-0.05, 0) is 38.2 Å². The van der Waals surface area contributed by atoms with Gasteiger partial charge in [0.05, 0.1) is 5.69 Å². The van der Waals surface area contributed by atoms with E-state index in [9.17, 15) is 0 Å². The predicted octanol–water partition coefficient (Wildman–Crippen LogP) is 3.54. The number of benzene rings is 1. The molecule has 2 aromatic heterocycles. The van der Waals surface area contributed by atoms with Gasteiger partial charge in [0.1, 0.15) is 17.7 Å². The third-order valence-electron chi connectivity index (χ3n) is 3.56. The Morgan fingerprint density at radius 2 is 1.92 bits per heavy atom. The van der Waals surface area contributed by atoms with Crippen LogP contribution in [0, 0.1) is 38.5 Å². The van der Waals surface area contributed by atoms with E-state index in [-0.39, 0.29) is 0 Å². The summed E-state index contributed by atoms with van der Waals surface area (Å²) in [6.07, 6.45) is 13.1. The maximum absolute atomic E-state index is 4.67. The van der Waals surface area contributed by atoms with Gasteiger partial charge >= 0.3 is 0 Å². The van der Waals surface area contributed by atoms with Gasteiger partial charge < -0.3 is 0 Å². The first-order valence-corrected chi connectivity index (χ1v) is 8.30. The van der Waals surface area contributed by atoms with Crippen molar-refractivity contribution in [2.45, 2.75) is 6.92 Å². The molecule has 5 nitrogen and oxygen atoms in total. The molecule has 2 heterocycles. The largest absolute Gasteiger partial charge is 0.227 e. The summed E-state index contributed by atoms with van der Waals surface area (Å²) in [4.78, 5) is 13.2. The summed E-state index contributed by atoms with van der Waals surface area (Å²) in [6, 6.07) is 8.23. The van der Waals surface area contributed by atoms with E-state index in [0.29, 0.717) is 5.13 Å². The van der Waals surface area contributed by atoms with Gasteiger partial charge in [0.15, 0.2) is 0 Å². The average molecular weight is 332 g/mol. The third kappa shape index (κ3) is 3.14. The van der Waals surface area contributed by atoms with Gasteiger partial charge in [0.25, 0.3) is 0 Å². The van der Waals surface area contributed by atoms with Gasteiger partial charge in [-0.15, -0.1) is 0 Å². The molecule has 0 N–H and O–H groups in total. The fourth-order valence-corrected chi connectivity index (χ4v) is 3.19. The van der Waals surface area contributed by atoms with E-state index >= 15 is 0 Å². The SMILES string of the molecule is Cc1ccc(/C=N/c2nc([C]3[CH][CH][CH][CH]3)c(-n3cncn3)s2)cc1. The van der Waals surface area contributed by atoms with E-state index in [2.05, 4.69) is 39.1 Å². The average Bonchev–Trinajstić information content (AvgIpc) is 3.33. The Bertz CT molecular complexity index is 827. The van der Waals surface area contributed by atoms with Crippen LogP contribution in [0.3, 0.4) is 0 Å². The lowest BCUT2D eigenvalue weighted by atomic mass is 10.1. The second kappa shape index (κ2) is 6.65. The van der Waals surface area contributed by atoms with Crippen LogP contribution in [0.15, 0.2) is 41.9 Å². The van der Waals surface area contributed by atoms with Crippen LogP contribution in [0.2, 0.25) is 0 Å². The van der Waals surface area contributed by atoms with Crippen molar-refractivity contribution in [1.82, 2.24) is 19.7 Å². The molecule has 0 saturated heterocycles. The molecule has 1 aliphatic carbocycles. The van der Waals surface area contributed by atoms with Gasteiger partial charge in [-0.2, -0.15) is 5.10 Å². The molecule has 0 spiro atoms. The lowest BCUT2D eigenvalue weighted by molar-refractivity contribution is 0.881. The highest BCUT2D eigenvalue weighted by atomic mass is 32.1. The van der Waals surface area contributed by atoms with E-state index in [1.807, 2.05) is 44.0 Å². The van der Waals surface area contributed by atoms with Crippen molar-refractivity contribution in [3.63, 3.8) is 0 Å². The Morgan fingerprint density at radius 1 is 1.12 bits per heavy atom. The third-order valence-corrected chi connectivity index (χ3v) is 4.52. The molecule has 0 aliphatic heterocycles. The van der Waals surface area contributed by atoms with Gasteiger partial charge in [-0.3, -0.25) is 0 Å². The summed E-state index contributed by atoms with van der Waals surface area (Å²) in [7, 11) is 0. The van der Waals surface area contributed by atoms with Crippen molar-refractivity contribution in [3.05, 3.63) is 85.3 Å². The van der Waals surface area contributed by atoms with Crippen molar-refractivity contribution >= 4 is 22.7 Å². The smallest absolute Gasteiger partial charge is 0.211 e. The van der Waals surface area contributed by atoms with Crippen LogP contribution in [0.25, 0.3) is 5.00 Å². The van der Waals surface area contributed by atoms with Gasteiger partial charge in [0.2, 0.25) is 5.13 Å². The Balaban J connectivity index is 1.66. The second-order valence-electron chi connectivity index (χ2n) is 5.33. The van der Waals surface area contributed by atoms with Gasteiger partial charge in [-0.25, -0.2) is 19.6 Å².